The smallest absolute Gasteiger partial charge is 0.0442 e. The third-order valence-electron chi connectivity index (χ3n) is 5.62. The van der Waals surface area contributed by atoms with Crippen LogP contribution < -0.4 is 0 Å². The second-order valence-corrected chi connectivity index (χ2v) is 7.98. The molecule has 0 fully saturated rings. The first-order valence-electron chi connectivity index (χ1n) is 9.57. The highest BCUT2D eigenvalue weighted by Crippen LogP contribution is 2.48. The van der Waals surface area contributed by atoms with Crippen LogP contribution in [0.15, 0.2) is 84.9 Å². The summed E-state index contributed by atoms with van der Waals surface area (Å²) in [6, 6.07) is 29.5. The zero-order valence-electron chi connectivity index (χ0n) is 15.9. The Kier molecular flexibility index (Phi) is 4.53. The van der Waals surface area contributed by atoms with Crippen LogP contribution in [0.2, 0.25) is 0 Å². The van der Waals surface area contributed by atoms with Crippen molar-refractivity contribution in [2.24, 2.45) is 5.41 Å². The molecule has 0 aromatic heterocycles. The average molecular weight is 351 g/mol. The van der Waals surface area contributed by atoms with E-state index in [-0.39, 0.29) is 5.41 Å². The van der Waals surface area contributed by atoms with E-state index < -0.39 is 0 Å². The van der Waals surface area contributed by atoms with Gasteiger partial charge in [0.05, 0.1) is 0 Å². The van der Waals surface area contributed by atoms with Gasteiger partial charge < -0.3 is 5.41 Å². The number of nitrogens with one attached hydrogen (secondary N) is 1. The van der Waals surface area contributed by atoms with E-state index in [0.717, 1.165) is 12.0 Å². The number of hydrogen-bond acceptors (Lipinski definition) is 1. The molecule has 1 aliphatic rings. The molecule has 134 valence electrons. The summed E-state index contributed by atoms with van der Waals surface area (Å²) in [6.07, 6.45) is 3.25. The maximum atomic E-state index is 8.83. The fourth-order valence-electron chi connectivity index (χ4n) is 4.14. The summed E-state index contributed by atoms with van der Waals surface area (Å²) in [5.74, 6) is 0.308. The number of hydrogen-bond donors (Lipinski definition) is 1. The lowest BCUT2D eigenvalue weighted by Crippen LogP contribution is -2.27. The molecule has 4 rings (SSSR count). The standard InChI is InChI=1S/C26H25N/c1-26(2,25(27)20-13-7-4-8-14-20)18-24-22-16-10-9-15-21(22)17-23(24)19-11-5-3-6-12-19/h3-17,24,27H,18H2,1-2H3. The quantitative estimate of drug-likeness (QED) is 0.488. The van der Waals surface area contributed by atoms with E-state index in [0.29, 0.717) is 11.6 Å². The van der Waals surface area contributed by atoms with Crippen LogP contribution >= 0.6 is 0 Å². The molecule has 0 spiro atoms. The Labute approximate surface area is 161 Å². The molecular weight excluding hydrogens is 326 g/mol. The SMILES string of the molecule is CC(C)(CC1C(c2ccccc2)=Cc2ccccc21)C(=N)c1ccccc1. The lowest BCUT2D eigenvalue weighted by molar-refractivity contribution is 0.456. The molecule has 1 atom stereocenters. The monoisotopic (exact) mass is 351 g/mol. The number of benzene rings is 3. The summed E-state index contributed by atoms with van der Waals surface area (Å²) in [5.41, 5.74) is 6.83. The number of rotatable bonds is 5. The van der Waals surface area contributed by atoms with Gasteiger partial charge in [-0.3, -0.25) is 0 Å². The molecule has 1 heteroatoms. The van der Waals surface area contributed by atoms with E-state index in [1.807, 2.05) is 30.3 Å². The molecule has 27 heavy (non-hydrogen) atoms. The van der Waals surface area contributed by atoms with Gasteiger partial charge in [0.15, 0.2) is 0 Å². The van der Waals surface area contributed by atoms with Crippen LogP contribution in [0, 0.1) is 10.8 Å². The molecule has 3 aromatic rings. The van der Waals surface area contributed by atoms with Gasteiger partial charge in [0, 0.05) is 17.0 Å². The van der Waals surface area contributed by atoms with Crippen LogP contribution in [-0.2, 0) is 0 Å². The van der Waals surface area contributed by atoms with Crippen molar-refractivity contribution in [2.75, 3.05) is 0 Å². The zero-order chi connectivity index (χ0) is 18.9. The summed E-state index contributed by atoms with van der Waals surface area (Å²) in [6.45, 7) is 4.40. The van der Waals surface area contributed by atoms with Crippen LogP contribution in [0.4, 0.5) is 0 Å². The molecule has 1 unspecified atom stereocenters. The number of fused-ring (bicyclic) bond motifs is 1. The van der Waals surface area contributed by atoms with Gasteiger partial charge in [0.25, 0.3) is 0 Å². The van der Waals surface area contributed by atoms with Crippen LogP contribution in [0.5, 0.6) is 0 Å². The molecule has 3 aromatic carbocycles. The van der Waals surface area contributed by atoms with Gasteiger partial charge in [-0.15, -0.1) is 0 Å². The van der Waals surface area contributed by atoms with E-state index in [2.05, 4.69) is 74.5 Å². The maximum absolute atomic E-state index is 8.83. The lowest BCUT2D eigenvalue weighted by Gasteiger charge is -2.31. The molecular formula is C26H25N. The van der Waals surface area contributed by atoms with Gasteiger partial charge in [0.2, 0.25) is 0 Å². The van der Waals surface area contributed by atoms with Crippen molar-refractivity contribution in [3.63, 3.8) is 0 Å². The van der Waals surface area contributed by atoms with E-state index in [9.17, 15) is 0 Å². The fraction of sp³-hybridized carbons (Fsp3) is 0.192. The van der Waals surface area contributed by atoms with Crippen LogP contribution in [0.1, 0.15) is 48.4 Å². The zero-order valence-corrected chi connectivity index (χ0v) is 15.9. The molecule has 1 aliphatic carbocycles. The van der Waals surface area contributed by atoms with E-state index in [1.165, 1.54) is 22.3 Å². The highest BCUT2D eigenvalue weighted by atomic mass is 14.5. The first kappa shape index (κ1) is 17.5. The van der Waals surface area contributed by atoms with Gasteiger partial charge in [-0.05, 0) is 34.2 Å². The van der Waals surface area contributed by atoms with Gasteiger partial charge in [-0.25, -0.2) is 0 Å². The Morgan fingerprint density at radius 3 is 2.11 bits per heavy atom. The van der Waals surface area contributed by atoms with Gasteiger partial charge >= 0.3 is 0 Å². The van der Waals surface area contributed by atoms with E-state index in [4.69, 9.17) is 5.41 Å². The molecule has 0 saturated carbocycles. The Morgan fingerprint density at radius 2 is 1.41 bits per heavy atom. The van der Waals surface area contributed by atoms with Gasteiger partial charge in [0.1, 0.15) is 0 Å². The molecule has 1 N–H and O–H groups in total. The molecule has 0 saturated heterocycles. The summed E-state index contributed by atoms with van der Waals surface area (Å²) in [7, 11) is 0. The van der Waals surface area contributed by atoms with Crippen molar-refractivity contribution in [1.29, 1.82) is 5.41 Å². The minimum Gasteiger partial charge on any atom is -0.304 e. The summed E-state index contributed by atoms with van der Waals surface area (Å²) < 4.78 is 0. The Hall–Kier alpha value is -2.93. The Morgan fingerprint density at radius 1 is 0.815 bits per heavy atom. The highest BCUT2D eigenvalue weighted by Gasteiger charge is 2.34. The van der Waals surface area contributed by atoms with Crippen molar-refractivity contribution in [3.05, 3.63) is 107 Å². The van der Waals surface area contributed by atoms with Crippen molar-refractivity contribution in [2.45, 2.75) is 26.2 Å². The third kappa shape index (κ3) is 3.38. The first-order valence-corrected chi connectivity index (χ1v) is 9.57. The number of allylic oxidation sites excluding steroid dienone is 1. The maximum Gasteiger partial charge on any atom is 0.0442 e. The fourth-order valence-corrected chi connectivity index (χ4v) is 4.14. The second-order valence-electron chi connectivity index (χ2n) is 7.98. The van der Waals surface area contributed by atoms with Crippen LogP contribution in [-0.4, -0.2) is 5.71 Å². The summed E-state index contributed by atoms with van der Waals surface area (Å²) in [5, 5.41) is 8.83. The molecule has 0 aliphatic heterocycles. The van der Waals surface area contributed by atoms with E-state index in [1.54, 1.807) is 0 Å². The van der Waals surface area contributed by atoms with Crippen LogP contribution in [0.3, 0.4) is 0 Å². The van der Waals surface area contributed by atoms with Crippen molar-refractivity contribution in [1.82, 2.24) is 0 Å². The molecule has 0 heterocycles. The average Bonchev–Trinajstić information content (AvgIpc) is 3.07. The minimum atomic E-state index is -0.225. The van der Waals surface area contributed by atoms with Crippen molar-refractivity contribution < 1.29 is 0 Å². The predicted molar refractivity (Wildman–Crippen MR) is 115 cm³/mol. The summed E-state index contributed by atoms with van der Waals surface area (Å²) in [4.78, 5) is 0. The molecule has 0 bridgehead atoms. The van der Waals surface area contributed by atoms with E-state index >= 15 is 0 Å². The predicted octanol–water partition coefficient (Wildman–Crippen LogP) is 6.81. The van der Waals surface area contributed by atoms with Crippen molar-refractivity contribution in [3.8, 4) is 0 Å². The lowest BCUT2D eigenvalue weighted by atomic mass is 9.73. The minimum absolute atomic E-state index is 0.225. The second kappa shape index (κ2) is 7.00. The Balaban J connectivity index is 1.70. The van der Waals surface area contributed by atoms with Crippen LogP contribution in [0.25, 0.3) is 11.6 Å². The third-order valence-corrected chi connectivity index (χ3v) is 5.62. The largest absolute Gasteiger partial charge is 0.304 e. The highest BCUT2D eigenvalue weighted by molar-refractivity contribution is 6.02. The molecule has 1 nitrogen and oxygen atoms in total. The molecule has 0 amide bonds. The van der Waals surface area contributed by atoms with Crippen molar-refractivity contribution >= 4 is 17.4 Å². The van der Waals surface area contributed by atoms with Gasteiger partial charge in [-0.2, -0.15) is 0 Å². The Bertz CT molecular complexity index is 981. The topological polar surface area (TPSA) is 23.9 Å². The first-order chi connectivity index (χ1) is 13.1. The summed E-state index contributed by atoms with van der Waals surface area (Å²) >= 11 is 0. The van der Waals surface area contributed by atoms with Gasteiger partial charge in [-0.1, -0.05) is 105 Å². The normalized spacial score (nSPS) is 15.9. The molecule has 0 radical (unpaired) electrons.